The number of hydrogen-bond acceptors (Lipinski definition) is 5. The summed E-state index contributed by atoms with van der Waals surface area (Å²) in [6.07, 6.45) is 3.31. The van der Waals surface area contributed by atoms with Crippen LogP contribution >= 0.6 is 0 Å². The van der Waals surface area contributed by atoms with E-state index in [1.165, 1.54) is 8.61 Å². The number of rotatable bonds is 3. The van der Waals surface area contributed by atoms with E-state index in [1.807, 2.05) is 4.57 Å². The Kier molecular flexibility index (Phi) is 3.76. The molecule has 3 rings (SSSR count). The summed E-state index contributed by atoms with van der Waals surface area (Å²) >= 11 is 0. The zero-order chi connectivity index (χ0) is 14.2. The Morgan fingerprint density at radius 3 is 2.95 bits per heavy atom. The number of fused-ring (bicyclic) bond motifs is 1. The van der Waals surface area contributed by atoms with Crippen molar-refractivity contribution in [3.05, 3.63) is 12.2 Å². The van der Waals surface area contributed by atoms with Gasteiger partial charge < -0.3 is 9.67 Å². The predicted molar refractivity (Wildman–Crippen MR) is 70.7 cm³/mol. The zero-order valence-corrected chi connectivity index (χ0v) is 12.0. The molecule has 8 nitrogen and oxygen atoms in total. The zero-order valence-electron chi connectivity index (χ0n) is 11.2. The van der Waals surface area contributed by atoms with Gasteiger partial charge >= 0.3 is 0 Å². The monoisotopic (exact) mass is 301 g/mol. The third-order valence-electron chi connectivity index (χ3n) is 4.00. The molecular weight excluding hydrogens is 282 g/mol. The van der Waals surface area contributed by atoms with Gasteiger partial charge in [0, 0.05) is 32.8 Å². The summed E-state index contributed by atoms with van der Waals surface area (Å²) < 4.78 is 30.1. The largest absolute Gasteiger partial charge is 0.396 e. The van der Waals surface area contributed by atoms with Crippen LogP contribution in [0.25, 0.3) is 0 Å². The van der Waals surface area contributed by atoms with Crippen LogP contribution in [0.15, 0.2) is 6.33 Å². The molecule has 1 fully saturated rings. The van der Waals surface area contributed by atoms with E-state index in [0.717, 1.165) is 12.8 Å². The van der Waals surface area contributed by atoms with Crippen molar-refractivity contribution in [1.82, 2.24) is 23.4 Å². The van der Waals surface area contributed by atoms with Crippen molar-refractivity contribution in [2.24, 2.45) is 5.92 Å². The lowest BCUT2D eigenvalue weighted by molar-refractivity contribution is 0.159. The molecule has 1 aromatic heterocycles. The maximum atomic E-state index is 12.6. The molecule has 2 aliphatic rings. The molecule has 0 spiro atoms. The Hall–Kier alpha value is -1.03. The van der Waals surface area contributed by atoms with Gasteiger partial charge in [-0.1, -0.05) is 0 Å². The van der Waals surface area contributed by atoms with Gasteiger partial charge in [0.1, 0.15) is 12.2 Å². The first-order chi connectivity index (χ1) is 9.61. The number of nitrogens with zero attached hydrogens (tertiary/aromatic N) is 5. The average molecular weight is 301 g/mol. The Labute approximate surface area is 118 Å². The fraction of sp³-hybridized carbons (Fsp3) is 0.818. The van der Waals surface area contributed by atoms with E-state index in [1.54, 1.807) is 6.33 Å². The predicted octanol–water partition coefficient (Wildman–Crippen LogP) is -0.957. The Morgan fingerprint density at radius 2 is 2.15 bits per heavy atom. The lowest BCUT2D eigenvalue weighted by Gasteiger charge is -2.36. The van der Waals surface area contributed by atoms with Crippen LogP contribution in [0.1, 0.15) is 18.7 Å². The van der Waals surface area contributed by atoms with Crippen LogP contribution < -0.4 is 0 Å². The van der Waals surface area contributed by atoms with Crippen molar-refractivity contribution >= 4 is 10.2 Å². The molecule has 2 aliphatic heterocycles. The molecule has 0 aromatic carbocycles. The molecule has 1 aromatic rings. The van der Waals surface area contributed by atoms with Gasteiger partial charge in [0.25, 0.3) is 10.2 Å². The second-order valence-corrected chi connectivity index (χ2v) is 7.26. The normalized spacial score (nSPS) is 25.6. The molecule has 9 heteroatoms. The highest BCUT2D eigenvalue weighted by atomic mass is 32.2. The van der Waals surface area contributed by atoms with E-state index < -0.39 is 10.2 Å². The molecule has 0 aliphatic carbocycles. The summed E-state index contributed by atoms with van der Waals surface area (Å²) in [7, 11) is -3.47. The molecule has 1 unspecified atom stereocenters. The maximum Gasteiger partial charge on any atom is 0.282 e. The molecule has 0 amide bonds. The summed E-state index contributed by atoms with van der Waals surface area (Å²) in [5.41, 5.74) is 0. The van der Waals surface area contributed by atoms with Gasteiger partial charge in [-0.2, -0.15) is 17.0 Å². The van der Waals surface area contributed by atoms with Gasteiger partial charge in [0.15, 0.2) is 0 Å². The molecule has 0 radical (unpaired) electrons. The van der Waals surface area contributed by atoms with Crippen molar-refractivity contribution in [2.45, 2.75) is 25.9 Å². The summed E-state index contributed by atoms with van der Waals surface area (Å²) in [5, 5.41) is 17.0. The minimum atomic E-state index is -3.47. The van der Waals surface area contributed by atoms with E-state index in [4.69, 9.17) is 0 Å². The lowest BCUT2D eigenvalue weighted by Crippen LogP contribution is -2.50. The summed E-state index contributed by atoms with van der Waals surface area (Å²) in [6, 6.07) is 0. The molecule has 3 heterocycles. The van der Waals surface area contributed by atoms with E-state index in [-0.39, 0.29) is 19.1 Å². The highest BCUT2D eigenvalue weighted by Gasteiger charge is 2.35. The van der Waals surface area contributed by atoms with Gasteiger partial charge in [-0.05, 0) is 18.8 Å². The molecule has 20 heavy (non-hydrogen) atoms. The van der Waals surface area contributed by atoms with Gasteiger partial charge in [-0.3, -0.25) is 0 Å². The SMILES string of the molecule is O=S(=O)(N1CCn2cnnc2C1)N1CCCC(CO)C1. The number of aliphatic hydroxyl groups is 1. The second-order valence-electron chi connectivity index (χ2n) is 5.33. The van der Waals surface area contributed by atoms with E-state index in [9.17, 15) is 13.5 Å². The van der Waals surface area contributed by atoms with Crippen molar-refractivity contribution < 1.29 is 13.5 Å². The van der Waals surface area contributed by atoms with E-state index >= 15 is 0 Å². The second kappa shape index (κ2) is 5.40. The van der Waals surface area contributed by atoms with E-state index in [2.05, 4.69) is 10.2 Å². The van der Waals surface area contributed by atoms with Crippen LogP contribution in [-0.4, -0.2) is 63.1 Å². The van der Waals surface area contributed by atoms with Gasteiger partial charge in [0.2, 0.25) is 0 Å². The first kappa shape index (κ1) is 13.9. The van der Waals surface area contributed by atoms with Crippen molar-refractivity contribution in [2.75, 3.05) is 26.2 Å². The Balaban J connectivity index is 1.75. The first-order valence-corrected chi connectivity index (χ1v) is 8.23. The number of hydrogen-bond donors (Lipinski definition) is 1. The molecule has 0 saturated carbocycles. The van der Waals surface area contributed by atoms with Crippen LogP contribution in [0.3, 0.4) is 0 Å². The highest BCUT2D eigenvalue weighted by molar-refractivity contribution is 7.86. The molecule has 1 N–H and O–H groups in total. The van der Waals surface area contributed by atoms with Gasteiger partial charge in [0.05, 0.1) is 6.54 Å². The minimum Gasteiger partial charge on any atom is -0.396 e. The molecule has 112 valence electrons. The summed E-state index contributed by atoms with van der Waals surface area (Å²) in [4.78, 5) is 0. The number of aliphatic hydroxyl groups excluding tert-OH is 1. The smallest absolute Gasteiger partial charge is 0.282 e. The maximum absolute atomic E-state index is 12.6. The number of aromatic nitrogens is 3. The van der Waals surface area contributed by atoms with Crippen molar-refractivity contribution in [3.8, 4) is 0 Å². The van der Waals surface area contributed by atoms with Gasteiger partial charge in [-0.25, -0.2) is 0 Å². The van der Waals surface area contributed by atoms with Crippen molar-refractivity contribution in [1.29, 1.82) is 0 Å². The molecule has 1 atom stereocenters. The van der Waals surface area contributed by atoms with Crippen LogP contribution in [-0.2, 0) is 23.3 Å². The lowest BCUT2D eigenvalue weighted by atomic mass is 10.0. The first-order valence-electron chi connectivity index (χ1n) is 6.84. The average Bonchev–Trinajstić information content (AvgIpc) is 2.94. The Bertz CT molecular complexity index is 572. The molecule has 1 saturated heterocycles. The third-order valence-corrected chi connectivity index (χ3v) is 5.94. The fourth-order valence-corrected chi connectivity index (χ4v) is 4.47. The molecular formula is C11H19N5O3S. The standard InChI is InChI=1S/C11H19N5O3S/c17-8-10-2-1-3-15(6-10)20(18,19)16-5-4-14-9-12-13-11(14)7-16/h9-10,17H,1-8H2. The Morgan fingerprint density at radius 1 is 1.30 bits per heavy atom. The minimum absolute atomic E-state index is 0.0420. The highest BCUT2D eigenvalue weighted by Crippen LogP contribution is 2.23. The number of piperidine rings is 1. The van der Waals surface area contributed by atoms with Gasteiger partial charge in [-0.15, -0.1) is 10.2 Å². The van der Waals surface area contributed by atoms with Crippen LogP contribution in [0.2, 0.25) is 0 Å². The van der Waals surface area contributed by atoms with Crippen LogP contribution in [0.4, 0.5) is 0 Å². The van der Waals surface area contributed by atoms with Crippen LogP contribution in [0.5, 0.6) is 0 Å². The van der Waals surface area contributed by atoms with Crippen LogP contribution in [0, 0.1) is 5.92 Å². The topological polar surface area (TPSA) is 91.6 Å². The fourth-order valence-electron chi connectivity index (χ4n) is 2.79. The van der Waals surface area contributed by atoms with E-state index in [0.29, 0.717) is 32.0 Å². The summed E-state index contributed by atoms with van der Waals surface area (Å²) in [5.74, 6) is 0.725. The van der Waals surface area contributed by atoms with Crippen molar-refractivity contribution in [3.63, 3.8) is 0 Å². The molecule has 0 bridgehead atoms. The summed E-state index contributed by atoms with van der Waals surface area (Å²) in [6.45, 7) is 2.26. The third kappa shape index (κ3) is 2.46. The quantitative estimate of drug-likeness (QED) is 0.776.